The van der Waals surface area contributed by atoms with E-state index in [4.69, 9.17) is 0 Å². The van der Waals surface area contributed by atoms with Crippen molar-refractivity contribution in [2.75, 3.05) is 5.32 Å². The largest absolute Gasteiger partial charge is 0.382 e. The Hall–Kier alpha value is -0.500. The molecule has 2 aliphatic carbocycles. The SMILES string of the molecule is Cc1ccc(Br)cc1NC(C1CC1)C1CC1. The highest BCUT2D eigenvalue weighted by molar-refractivity contribution is 9.10. The highest BCUT2D eigenvalue weighted by atomic mass is 79.9. The highest BCUT2D eigenvalue weighted by Crippen LogP contribution is 2.46. The Morgan fingerprint density at radius 3 is 2.38 bits per heavy atom. The molecule has 0 aromatic heterocycles. The molecule has 0 heterocycles. The molecule has 1 N–H and O–H groups in total. The van der Waals surface area contributed by atoms with Crippen LogP contribution < -0.4 is 5.32 Å². The molecule has 0 bridgehead atoms. The van der Waals surface area contributed by atoms with Gasteiger partial charge in [0.2, 0.25) is 0 Å². The first-order chi connectivity index (χ1) is 7.74. The average Bonchev–Trinajstić information content (AvgIpc) is 3.13. The van der Waals surface area contributed by atoms with Gasteiger partial charge in [0.15, 0.2) is 0 Å². The Bertz CT molecular complexity index is 382. The Morgan fingerprint density at radius 2 is 1.81 bits per heavy atom. The van der Waals surface area contributed by atoms with Crippen LogP contribution in [0.4, 0.5) is 5.69 Å². The minimum atomic E-state index is 0.744. The molecule has 2 aliphatic rings. The van der Waals surface area contributed by atoms with Crippen LogP contribution in [0.5, 0.6) is 0 Å². The van der Waals surface area contributed by atoms with Gasteiger partial charge in [0, 0.05) is 16.2 Å². The lowest BCUT2D eigenvalue weighted by Gasteiger charge is -2.20. The predicted octanol–water partition coefficient (Wildman–Crippen LogP) is 4.36. The highest BCUT2D eigenvalue weighted by Gasteiger charge is 2.41. The van der Waals surface area contributed by atoms with Crippen molar-refractivity contribution in [3.63, 3.8) is 0 Å². The molecule has 2 saturated carbocycles. The van der Waals surface area contributed by atoms with Crippen LogP contribution in [-0.2, 0) is 0 Å². The maximum atomic E-state index is 3.78. The van der Waals surface area contributed by atoms with Gasteiger partial charge in [0.05, 0.1) is 0 Å². The molecule has 1 nitrogen and oxygen atoms in total. The van der Waals surface area contributed by atoms with Gasteiger partial charge in [-0.25, -0.2) is 0 Å². The van der Waals surface area contributed by atoms with E-state index in [-0.39, 0.29) is 0 Å². The summed E-state index contributed by atoms with van der Waals surface area (Å²) in [5.74, 6) is 1.90. The van der Waals surface area contributed by atoms with Gasteiger partial charge in [0.25, 0.3) is 0 Å². The quantitative estimate of drug-likeness (QED) is 0.864. The van der Waals surface area contributed by atoms with Crippen molar-refractivity contribution < 1.29 is 0 Å². The lowest BCUT2D eigenvalue weighted by Crippen LogP contribution is -2.24. The third kappa shape index (κ3) is 2.27. The maximum Gasteiger partial charge on any atom is 0.0383 e. The molecular weight excluding hydrogens is 262 g/mol. The number of halogens is 1. The minimum Gasteiger partial charge on any atom is -0.382 e. The van der Waals surface area contributed by atoms with E-state index in [0.29, 0.717) is 0 Å². The number of nitrogens with one attached hydrogen (secondary N) is 1. The summed E-state index contributed by atoms with van der Waals surface area (Å²) in [5.41, 5.74) is 2.67. The van der Waals surface area contributed by atoms with Crippen molar-refractivity contribution in [1.29, 1.82) is 0 Å². The van der Waals surface area contributed by atoms with Crippen LogP contribution in [-0.4, -0.2) is 6.04 Å². The molecule has 3 rings (SSSR count). The monoisotopic (exact) mass is 279 g/mol. The zero-order valence-electron chi connectivity index (χ0n) is 9.67. The summed E-state index contributed by atoms with van der Waals surface area (Å²) >= 11 is 3.55. The van der Waals surface area contributed by atoms with Crippen LogP contribution >= 0.6 is 15.9 Å². The number of anilines is 1. The summed E-state index contributed by atoms with van der Waals surface area (Å²) in [5, 5.41) is 3.78. The fourth-order valence-corrected chi connectivity index (χ4v) is 2.82. The molecule has 1 aromatic rings. The molecule has 0 amide bonds. The Labute approximate surface area is 106 Å². The summed E-state index contributed by atoms with van der Waals surface area (Å²) in [6, 6.07) is 7.26. The molecule has 2 heteroatoms. The van der Waals surface area contributed by atoms with E-state index in [1.165, 1.54) is 41.4 Å². The fraction of sp³-hybridized carbons (Fsp3) is 0.571. The van der Waals surface area contributed by atoms with Crippen molar-refractivity contribution in [2.24, 2.45) is 11.8 Å². The molecule has 16 heavy (non-hydrogen) atoms. The van der Waals surface area contributed by atoms with Crippen LogP contribution in [0.25, 0.3) is 0 Å². The lowest BCUT2D eigenvalue weighted by molar-refractivity contribution is 0.567. The first-order valence-corrected chi connectivity index (χ1v) is 7.06. The van der Waals surface area contributed by atoms with Crippen LogP contribution in [0.3, 0.4) is 0 Å². The molecule has 0 spiro atoms. The van der Waals surface area contributed by atoms with Crippen LogP contribution in [0, 0.1) is 18.8 Å². The van der Waals surface area contributed by atoms with Gasteiger partial charge in [-0.3, -0.25) is 0 Å². The first-order valence-electron chi connectivity index (χ1n) is 6.27. The van der Waals surface area contributed by atoms with E-state index in [1.807, 2.05) is 0 Å². The number of rotatable bonds is 4. The summed E-state index contributed by atoms with van der Waals surface area (Å²) in [7, 11) is 0. The third-order valence-electron chi connectivity index (χ3n) is 3.78. The van der Waals surface area contributed by atoms with Crippen molar-refractivity contribution in [2.45, 2.75) is 38.6 Å². The van der Waals surface area contributed by atoms with Crippen LogP contribution in [0.2, 0.25) is 0 Å². The predicted molar refractivity (Wildman–Crippen MR) is 71.7 cm³/mol. The van der Waals surface area contributed by atoms with Gasteiger partial charge in [0.1, 0.15) is 0 Å². The molecule has 86 valence electrons. The van der Waals surface area contributed by atoms with Crippen molar-refractivity contribution in [3.8, 4) is 0 Å². The number of hydrogen-bond donors (Lipinski definition) is 1. The Kier molecular flexibility index (Phi) is 2.70. The fourth-order valence-electron chi connectivity index (χ4n) is 2.46. The summed E-state index contributed by atoms with van der Waals surface area (Å²) < 4.78 is 1.17. The molecule has 0 radical (unpaired) electrons. The van der Waals surface area contributed by atoms with Gasteiger partial charge < -0.3 is 5.32 Å². The van der Waals surface area contributed by atoms with E-state index in [1.54, 1.807) is 0 Å². The molecule has 1 aromatic carbocycles. The van der Waals surface area contributed by atoms with E-state index in [2.05, 4.69) is 46.4 Å². The van der Waals surface area contributed by atoms with E-state index < -0.39 is 0 Å². The van der Waals surface area contributed by atoms with Gasteiger partial charge in [-0.05, 0) is 62.1 Å². The Morgan fingerprint density at radius 1 is 1.19 bits per heavy atom. The summed E-state index contributed by atoms with van der Waals surface area (Å²) in [4.78, 5) is 0. The molecule has 2 fully saturated rings. The third-order valence-corrected chi connectivity index (χ3v) is 4.27. The molecule has 0 saturated heterocycles. The average molecular weight is 280 g/mol. The van der Waals surface area contributed by atoms with Crippen molar-refractivity contribution >= 4 is 21.6 Å². The zero-order chi connectivity index (χ0) is 11.1. The minimum absolute atomic E-state index is 0.744. The molecule has 0 atom stereocenters. The van der Waals surface area contributed by atoms with E-state index in [0.717, 1.165) is 17.9 Å². The van der Waals surface area contributed by atoms with Crippen LogP contribution in [0.1, 0.15) is 31.2 Å². The first kappa shape index (κ1) is 10.6. The summed E-state index contributed by atoms with van der Waals surface area (Å²) in [6.45, 7) is 2.19. The van der Waals surface area contributed by atoms with Gasteiger partial charge in [-0.2, -0.15) is 0 Å². The summed E-state index contributed by atoms with van der Waals surface area (Å²) in [6.07, 6.45) is 5.73. The maximum absolute atomic E-state index is 3.78. The van der Waals surface area contributed by atoms with Crippen LogP contribution in [0.15, 0.2) is 22.7 Å². The van der Waals surface area contributed by atoms with Gasteiger partial charge >= 0.3 is 0 Å². The second-order valence-corrected chi connectivity index (χ2v) is 6.22. The number of aryl methyl sites for hydroxylation is 1. The molecule has 0 unspecified atom stereocenters. The molecular formula is C14H18BrN. The van der Waals surface area contributed by atoms with Gasteiger partial charge in [-0.15, -0.1) is 0 Å². The second kappa shape index (κ2) is 4.06. The van der Waals surface area contributed by atoms with Crippen molar-refractivity contribution in [3.05, 3.63) is 28.2 Å². The number of hydrogen-bond acceptors (Lipinski definition) is 1. The second-order valence-electron chi connectivity index (χ2n) is 5.30. The van der Waals surface area contributed by atoms with Crippen molar-refractivity contribution in [1.82, 2.24) is 0 Å². The zero-order valence-corrected chi connectivity index (χ0v) is 11.3. The smallest absolute Gasteiger partial charge is 0.0383 e. The standard InChI is InChI=1S/C14H18BrN/c1-9-2-7-12(15)8-13(9)16-14(10-3-4-10)11-5-6-11/h2,7-8,10-11,14,16H,3-6H2,1H3. The normalized spacial score (nSPS) is 20.2. The number of benzene rings is 1. The van der Waals surface area contributed by atoms with Gasteiger partial charge in [-0.1, -0.05) is 22.0 Å². The topological polar surface area (TPSA) is 12.0 Å². The van der Waals surface area contributed by atoms with E-state index >= 15 is 0 Å². The van der Waals surface area contributed by atoms with E-state index in [9.17, 15) is 0 Å². The Balaban J connectivity index is 1.78. The molecule has 0 aliphatic heterocycles. The lowest BCUT2D eigenvalue weighted by atomic mass is 10.1.